The molecule has 1 aliphatic carbocycles. The van der Waals surface area contributed by atoms with Crippen molar-refractivity contribution >= 4 is 35.1 Å². The normalized spacial score (nSPS) is 23.8. The number of alkyl halides is 1. The van der Waals surface area contributed by atoms with Gasteiger partial charge in [-0.1, -0.05) is 23.7 Å². The van der Waals surface area contributed by atoms with Crippen LogP contribution in [0.3, 0.4) is 0 Å². The third kappa shape index (κ3) is 2.87. The molecule has 84 valence electrons. The van der Waals surface area contributed by atoms with E-state index >= 15 is 0 Å². The van der Waals surface area contributed by atoms with Gasteiger partial charge in [-0.2, -0.15) is 0 Å². The highest BCUT2D eigenvalue weighted by molar-refractivity contribution is 6.30. The van der Waals surface area contributed by atoms with Crippen molar-refractivity contribution in [3.05, 3.63) is 40.4 Å². The van der Waals surface area contributed by atoms with Crippen LogP contribution in [0.2, 0.25) is 5.02 Å². The highest BCUT2D eigenvalue weighted by Crippen LogP contribution is 2.26. The number of Topliss-reactive ketones (excluding diaryl/α,β-unsaturated/α-hetero) is 1. The predicted molar refractivity (Wildman–Crippen MR) is 67.9 cm³/mol. The first kappa shape index (κ1) is 11.7. The van der Waals surface area contributed by atoms with E-state index in [-0.39, 0.29) is 11.2 Å². The molecule has 1 atom stereocenters. The summed E-state index contributed by atoms with van der Waals surface area (Å²) < 4.78 is 0. The topological polar surface area (TPSA) is 17.1 Å². The molecule has 0 saturated heterocycles. The fourth-order valence-electron chi connectivity index (χ4n) is 1.80. The zero-order valence-electron chi connectivity index (χ0n) is 8.75. The van der Waals surface area contributed by atoms with E-state index in [2.05, 4.69) is 0 Å². The third-order valence-electron chi connectivity index (χ3n) is 2.70. The highest BCUT2D eigenvalue weighted by atomic mass is 35.5. The molecule has 0 spiro atoms. The Balaban J connectivity index is 2.22. The summed E-state index contributed by atoms with van der Waals surface area (Å²) in [6.07, 6.45) is 3.93. The van der Waals surface area contributed by atoms with Crippen LogP contribution in [0.25, 0.3) is 6.08 Å². The second-order valence-electron chi connectivity index (χ2n) is 3.98. The SMILES string of the molecule is O=C1CCC(Cl)CC1=Cc1ccc(Cl)cc1. The monoisotopic (exact) mass is 254 g/mol. The molecule has 3 heteroatoms. The largest absolute Gasteiger partial charge is 0.295 e. The standard InChI is InChI=1S/C13H12Cl2O/c14-11-3-1-9(2-4-11)7-10-8-12(15)5-6-13(10)16/h1-4,7,12H,5-6,8H2. The fraction of sp³-hybridized carbons (Fsp3) is 0.308. The summed E-state index contributed by atoms with van der Waals surface area (Å²) >= 11 is 11.9. The lowest BCUT2D eigenvalue weighted by molar-refractivity contribution is -0.116. The molecule has 0 aromatic heterocycles. The van der Waals surface area contributed by atoms with Gasteiger partial charge < -0.3 is 0 Å². The lowest BCUT2D eigenvalue weighted by Crippen LogP contribution is -2.16. The number of benzene rings is 1. The maximum atomic E-state index is 11.7. The lowest BCUT2D eigenvalue weighted by atomic mass is 9.92. The number of ketones is 1. The van der Waals surface area contributed by atoms with Crippen LogP contribution < -0.4 is 0 Å². The molecule has 0 amide bonds. The number of carbonyl (C=O) groups is 1. The van der Waals surface area contributed by atoms with Crippen molar-refractivity contribution in [1.29, 1.82) is 0 Å². The number of halogens is 2. The summed E-state index contributed by atoms with van der Waals surface area (Å²) in [5.41, 5.74) is 1.83. The van der Waals surface area contributed by atoms with E-state index in [9.17, 15) is 4.79 Å². The van der Waals surface area contributed by atoms with Crippen LogP contribution in [0, 0.1) is 0 Å². The van der Waals surface area contributed by atoms with Crippen LogP contribution in [-0.4, -0.2) is 11.2 Å². The van der Waals surface area contributed by atoms with E-state index in [0.717, 1.165) is 17.6 Å². The van der Waals surface area contributed by atoms with Gasteiger partial charge in [0.15, 0.2) is 5.78 Å². The van der Waals surface area contributed by atoms with Crippen molar-refractivity contribution in [1.82, 2.24) is 0 Å². The van der Waals surface area contributed by atoms with Gasteiger partial charge in [0, 0.05) is 16.8 Å². The molecule has 1 aromatic rings. The summed E-state index contributed by atoms with van der Waals surface area (Å²) in [4.78, 5) is 11.7. The fourth-order valence-corrected chi connectivity index (χ4v) is 2.20. The van der Waals surface area contributed by atoms with Gasteiger partial charge in [0.2, 0.25) is 0 Å². The minimum absolute atomic E-state index is 0.0938. The molecule has 0 N–H and O–H groups in total. The van der Waals surface area contributed by atoms with Crippen LogP contribution in [0.4, 0.5) is 0 Å². The predicted octanol–water partition coefficient (Wildman–Crippen LogP) is 4.08. The Labute approximate surface area is 105 Å². The summed E-state index contributed by atoms with van der Waals surface area (Å²) in [7, 11) is 0. The minimum Gasteiger partial charge on any atom is -0.295 e. The molecule has 0 heterocycles. The minimum atomic E-state index is 0.0938. The zero-order valence-corrected chi connectivity index (χ0v) is 10.3. The van der Waals surface area contributed by atoms with Gasteiger partial charge in [-0.3, -0.25) is 4.79 Å². The summed E-state index contributed by atoms with van der Waals surface area (Å²) in [6.45, 7) is 0. The van der Waals surface area contributed by atoms with E-state index in [0.29, 0.717) is 17.9 Å². The molecule has 2 rings (SSSR count). The highest BCUT2D eigenvalue weighted by Gasteiger charge is 2.21. The summed E-state index contributed by atoms with van der Waals surface area (Å²) in [5.74, 6) is 0.215. The number of hydrogen-bond donors (Lipinski definition) is 0. The average Bonchev–Trinajstić information content (AvgIpc) is 2.27. The first-order valence-corrected chi connectivity index (χ1v) is 6.10. The number of allylic oxidation sites excluding steroid dienone is 1. The molecule has 1 aromatic carbocycles. The Kier molecular flexibility index (Phi) is 3.67. The van der Waals surface area contributed by atoms with Gasteiger partial charge >= 0.3 is 0 Å². The van der Waals surface area contributed by atoms with Crippen LogP contribution >= 0.6 is 23.2 Å². The molecule has 0 aliphatic heterocycles. The number of rotatable bonds is 1. The third-order valence-corrected chi connectivity index (χ3v) is 3.32. The van der Waals surface area contributed by atoms with Crippen molar-refractivity contribution in [2.24, 2.45) is 0 Å². The van der Waals surface area contributed by atoms with Gasteiger partial charge in [0.05, 0.1) is 0 Å². The van der Waals surface area contributed by atoms with E-state index in [4.69, 9.17) is 23.2 Å². The van der Waals surface area contributed by atoms with Gasteiger partial charge in [-0.25, -0.2) is 0 Å². The van der Waals surface area contributed by atoms with E-state index < -0.39 is 0 Å². The van der Waals surface area contributed by atoms with Gasteiger partial charge in [-0.15, -0.1) is 11.6 Å². The van der Waals surface area contributed by atoms with Crippen LogP contribution in [0.1, 0.15) is 24.8 Å². The molecule has 1 nitrogen and oxygen atoms in total. The summed E-state index contributed by atoms with van der Waals surface area (Å²) in [5, 5.41) is 0.795. The first-order chi connectivity index (χ1) is 7.65. The van der Waals surface area contributed by atoms with E-state index in [1.165, 1.54) is 0 Å². The van der Waals surface area contributed by atoms with Crippen molar-refractivity contribution in [3.63, 3.8) is 0 Å². The molecular formula is C13H12Cl2O. The lowest BCUT2D eigenvalue weighted by Gasteiger charge is -2.17. The second-order valence-corrected chi connectivity index (χ2v) is 5.04. The maximum Gasteiger partial charge on any atom is 0.158 e. The maximum absolute atomic E-state index is 11.7. The summed E-state index contributed by atoms with van der Waals surface area (Å²) in [6, 6.07) is 7.44. The van der Waals surface area contributed by atoms with Gasteiger partial charge in [0.25, 0.3) is 0 Å². The van der Waals surface area contributed by atoms with Gasteiger partial charge in [-0.05, 0) is 42.2 Å². The second kappa shape index (κ2) is 5.03. The Bertz CT molecular complexity index is 420. The molecule has 1 fully saturated rings. The zero-order chi connectivity index (χ0) is 11.5. The van der Waals surface area contributed by atoms with Crippen LogP contribution in [-0.2, 0) is 4.79 Å². The molecule has 1 unspecified atom stereocenters. The van der Waals surface area contributed by atoms with Crippen LogP contribution in [0.5, 0.6) is 0 Å². The average molecular weight is 255 g/mol. The van der Waals surface area contributed by atoms with Crippen molar-refractivity contribution in [2.75, 3.05) is 0 Å². The number of carbonyl (C=O) groups excluding carboxylic acids is 1. The van der Waals surface area contributed by atoms with Crippen molar-refractivity contribution in [2.45, 2.75) is 24.6 Å². The smallest absolute Gasteiger partial charge is 0.158 e. The Morgan fingerprint density at radius 2 is 1.94 bits per heavy atom. The Hall–Kier alpha value is -0.790. The molecular weight excluding hydrogens is 243 g/mol. The van der Waals surface area contributed by atoms with E-state index in [1.54, 1.807) is 0 Å². The quantitative estimate of drug-likeness (QED) is 0.545. The van der Waals surface area contributed by atoms with Crippen molar-refractivity contribution in [3.8, 4) is 0 Å². The van der Waals surface area contributed by atoms with Crippen molar-refractivity contribution < 1.29 is 4.79 Å². The molecule has 16 heavy (non-hydrogen) atoms. The molecule has 0 radical (unpaired) electrons. The Morgan fingerprint density at radius 1 is 1.25 bits per heavy atom. The van der Waals surface area contributed by atoms with E-state index in [1.807, 2.05) is 30.3 Å². The Morgan fingerprint density at radius 3 is 2.62 bits per heavy atom. The van der Waals surface area contributed by atoms with Gasteiger partial charge in [0.1, 0.15) is 0 Å². The number of hydrogen-bond acceptors (Lipinski definition) is 1. The molecule has 0 bridgehead atoms. The molecule has 1 saturated carbocycles. The first-order valence-electron chi connectivity index (χ1n) is 5.28. The molecule has 1 aliphatic rings. The van der Waals surface area contributed by atoms with Crippen LogP contribution in [0.15, 0.2) is 29.8 Å².